The summed E-state index contributed by atoms with van der Waals surface area (Å²) in [6.45, 7) is 1.44. The molecule has 2 aromatic rings. The van der Waals surface area contributed by atoms with Gasteiger partial charge in [0.15, 0.2) is 11.5 Å². The molecule has 0 aliphatic carbocycles. The monoisotopic (exact) mass is 361 g/mol. The fraction of sp³-hybridized carbons (Fsp3) is 0.133. The number of Topliss-reactive ketones (excluding diaryl/α,β-unsaturated/α-hetero) is 1. The van der Waals surface area contributed by atoms with Crippen molar-refractivity contribution in [1.29, 1.82) is 5.26 Å². The minimum atomic E-state index is -0.667. The predicted octanol–water partition coefficient (Wildman–Crippen LogP) is 2.68. The summed E-state index contributed by atoms with van der Waals surface area (Å²) < 4.78 is 6.80. The molecule has 0 amide bonds. The molecular formula is C15H12BrN3O3. The number of benzene rings is 1. The van der Waals surface area contributed by atoms with Crippen LogP contribution >= 0.6 is 15.9 Å². The van der Waals surface area contributed by atoms with Crippen molar-refractivity contribution < 1.29 is 14.3 Å². The highest BCUT2D eigenvalue weighted by molar-refractivity contribution is 9.10. The number of nitriles is 1. The molecule has 0 aliphatic rings. The van der Waals surface area contributed by atoms with E-state index in [-0.39, 0.29) is 22.7 Å². The van der Waals surface area contributed by atoms with Crippen molar-refractivity contribution in [2.45, 2.75) is 6.92 Å². The van der Waals surface area contributed by atoms with Crippen LogP contribution in [0.1, 0.15) is 33.3 Å². The third-order valence-electron chi connectivity index (χ3n) is 3.16. The second-order valence-corrected chi connectivity index (χ2v) is 5.36. The molecule has 1 aromatic carbocycles. The molecule has 112 valence electrons. The van der Waals surface area contributed by atoms with Crippen LogP contribution in [-0.2, 0) is 4.74 Å². The van der Waals surface area contributed by atoms with Crippen LogP contribution in [0.2, 0.25) is 0 Å². The van der Waals surface area contributed by atoms with Crippen molar-refractivity contribution in [2.24, 2.45) is 0 Å². The third-order valence-corrected chi connectivity index (χ3v) is 3.83. The lowest BCUT2D eigenvalue weighted by Gasteiger charge is -2.11. The van der Waals surface area contributed by atoms with Crippen molar-refractivity contribution >= 4 is 33.4 Å². The van der Waals surface area contributed by atoms with E-state index in [1.165, 1.54) is 24.8 Å². The van der Waals surface area contributed by atoms with Gasteiger partial charge in [-0.15, -0.1) is 0 Å². The fourth-order valence-corrected chi connectivity index (χ4v) is 2.46. The van der Waals surface area contributed by atoms with E-state index in [0.29, 0.717) is 15.7 Å². The maximum absolute atomic E-state index is 12.0. The molecule has 0 aliphatic heterocycles. The smallest absolute Gasteiger partial charge is 0.357 e. The van der Waals surface area contributed by atoms with Crippen LogP contribution in [0.4, 0.5) is 5.69 Å². The number of ketones is 1. The number of carbonyl (C=O) groups is 2. The predicted molar refractivity (Wildman–Crippen MR) is 83.9 cm³/mol. The van der Waals surface area contributed by atoms with Crippen molar-refractivity contribution in [3.63, 3.8) is 0 Å². The zero-order valence-electron chi connectivity index (χ0n) is 11.9. The Morgan fingerprint density at radius 3 is 2.64 bits per heavy atom. The van der Waals surface area contributed by atoms with E-state index < -0.39 is 5.97 Å². The van der Waals surface area contributed by atoms with Crippen LogP contribution in [-0.4, -0.2) is 23.4 Å². The van der Waals surface area contributed by atoms with Crippen molar-refractivity contribution in [2.75, 3.05) is 12.8 Å². The molecule has 0 unspecified atom stereocenters. The molecule has 0 saturated heterocycles. The Labute approximate surface area is 135 Å². The molecule has 0 radical (unpaired) electrons. The van der Waals surface area contributed by atoms with E-state index >= 15 is 0 Å². The minimum Gasteiger partial charge on any atom is -0.464 e. The number of carbonyl (C=O) groups excluding carboxylic acids is 2. The second kappa shape index (κ2) is 6.03. The summed E-state index contributed by atoms with van der Waals surface area (Å²) in [6, 6.07) is 6.88. The number of hydrogen-bond donors (Lipinski definition) is 1. The van der Waals surface area contributed by atoms with Gasteiger partial charge in [0.2, 0.25) is 0 Å². The van der Waals surface area contributed by atoms with Gasteiger partial charge in [-0.2, -0.15) is 5.26 Å². The number of anilines is 1. The number of hydrogen-bond acceptors (Lipinski definition) is 5. The number of methoxy groups -OCH3 is 1. The Kier molecular flexibility index (Phi) is 4.33. The second-order valence-electron chi connectivity index (χ2n) is 4.50. The summed E-state index contributed by atoms with van der Waals surface area (Å²) in [5, 5.41) is 9.11. The first-order valence-electron chi connectivity index (χ1n) is 6.20. The van der Waals surface area contributed by atoms with Crippen LogP contribution in [0.15, 0.2) is 28.9 Å². The SMILES string of the molecule is COC(=O)c1c(N)c(C#N)cn1-c1cc(C(C)=O)ccc1Br. The zero-order valence-corrected chi connectivity index (χ0v) is 13.5. The Balaban J connectivity index is 2.78. The molecule has 6 nitrogen and oxygen atoms in total. The summed E-state index contributed by atoms with van der Waals surface area (Å²) in [4.78, 5) is 23.5. The van der Waals surface area contributed by atoms with Gasteiger partial charge in [-0.05, 0) is 35.0 Å². The number of nitrogens with two attached hydrogens (primary N) is 1. The highest BCUT2D eigenvalue weighted by Crippen LogP contribution is 2.29. The fourth-order valence-electron chi connectivity index (χ4n) is 2.02. The van der Waals surface area contributed by atoms with E-state index in [2.05, 4.69) is 15.9 Å². The maximum Gasteiger partial charge on any atom is 0.357 e. The lowest BCUT2D eigenvalue weighted by atomic mass is 10.1. The number of nitrogens with zero attached hydrogens (tertiary/aromatic N) is 2. The van der Waals surface area contributed by atoms with Crippen LogP contribution in [0.5, 0.6) is 0 Å². The van der Waals surface area contributed by atoms with Gasteiger partial charge < -0.3 is 15.0 Å². The van der Waals surface area contributed by atoms with Gasteiger partial charge in [-0.3, -0.25) is 4.79 Å². The van der Waals surface area contributed by atoms with Gasteiger partial charge >= 0.3 is 5.97 Å². The van der Waals surface area contributed by atoms with Gasteiger partial charge in [0.05, 0.1) is 24.0 Å². The Morgan fingerprint density at radius 1 is 1.41 bits per heavy atom. The molecule has 1 aromatic heterocycles. The topological polar surface area (TPSA) is 98.1 Å². The van der Waals surface area contributed by atoms with E-state index in [1.54, 1.807) is 18.2 Å². The third kappa shape index (κ3) is 2.61. The van der Waals surface area contributed by atoms with Crippen LogP contribution < -0.4 is 5.73 Å². The normalized spacial score (nSPS) is 10.1. The number of aromatic nitrogens is 1. The van der Waals surface area contributed by atoms with Crippen molar-refractivity contribution in [3.8, 4) is 11.8 Å². The standard InChI is InChI=1S/C15H12BrN3O3/c1-8(20)9-3-4-11(16)12(5-9)19-7-10(6-17)13(18)14(19)15(21)22-2/h3-5,7H,18H2,1-2H3. The number of rotatable bonds is 3. The van der Waals surface area contributed by atoms with E-state index in [1.807, 2.05) is 6.07 Å². The molecule has 0 spiro atoms. The quantitative estimate of drug-likeness (QED) is 0.669. The van der Waals surface area contributed by atoms with Gasteiger partial charge in [0.25, 0.3) is 0 Å². The summed E-state index contributed by atoms with van der Waals surface area (Å²) in [7, 11) is 1.23. The molecule has 0 atom stereocenters. The largest absolute Gasteiger partial charge is 0.464 e. The highest BCUT2D eigenvalue weighted by Gasteiger charge is 2.23. The number of nitrogen functional groups attached to an aromatic ring is 1. The molecule has 0 bridgehead atoms. The van der Waals surface area contributed by atoms with E-state index in [9.17, 15) is 9.59 Å². The highest BCUT2D eigenvalue weighted by atomic mass is 79.9. The van der Waals surface area contributed by atoms with Crippen LogP contribution in [0, 0.1) is 11.3 Å². The molecule has 2 N–H and O–H groups in total. The summed E-state index contributed by atoms with van der Waals surface area (Å²) in [6.07, 6.45) is 1.44. The average molecular weight is 362 g/mol. The van der Waals surface area contributed by atoms with Gasteiger partial charge in [-0.1, -0.05) is 6.07 Å². The molecule has 0 saturated carbocycles. The zero-order chi connectivity index (χ0) is 16.4. The lowest BCUT2D eigenvalue weighted by molar-refractivity contribution is 0.0593. The minimum absolute atomic E-state index is 0.0366. The number of esters is 1. The first-order valence-corrected chi connectivity index (χ1v) is 7.00. The summed E-state index contributed by atoms with van der Waals surface area (Å²) in [5.74, 6) is -0.784. The average Bonchev–Trinajstić information content (AvgIpc) is 2.83. The summed E-state index contributed by atoms with van der Waals surface area (Å²) in [5.41, 5.74) is 7.07. The van der Waals surface area contributed by atoms with Crippen LogP contribution in [0.25, 0.3) is 5.69 Å². The van der Waals surface area contributed by atoms with Gasteiger partial charge in [0, 0.05) is 16.2 Å². The van der Waals surface area contributed by atoms with Crippen molar-refractivity contribution in [1.82, 2.24) is 4.57 Å². The van der Waals surface area contributed by atoms with Crippen LogP contribution in [0.3, 0.4) is 0 Å². The first kappa shape index (κ1) is 15.8. The molecule has 2 rings (SSSR count). The number of ether oxygens (including phenoxy) is 1. The molecule has 1 heterocycles. The molecule has 0 fully saturated rings. The molecule has 7 heteroatoms. The maximum atomic E-state index is 12.0. The lowest BCUT2D eigenvalue weighted by Crippen LogP contribution is -2.11. The number of halogens is 1. The summed E-state index contributed by atoms with van der Waals surface area (Å²) >= 11 is 3.37. The first-order chi connectivity index (χ1) is 10.4. The van der Waals surface area contributed by atoms with Gasteiger partial charge in [0.1, 0.15) is 6.07 Å². The Morgan fingerprint density at radius 2 is 2.09 bits per heavy atom. The molecular weight excluding hydrogens is 350 g/mol. The Bertz CT molecular complexity index is 818. The van der Waals surface area contributed by atoms with E-state index in [0.717, 1.165) is 0 Å². The van der Waals surface area contributed by atoms with Gasteiger partial charge in [-0.25, -0.2) is 4.79 Å². The Hall–Kier alpha value is -2.59. The van der Waals surface area contributed by atoms with E-state index in [4.69, 9.17) is 15.7 Å². The van der Waals surface area contributed by atoms with Crippen molar-refractivity contribution in [3.05, 3.63) is 45.7 Å². The molecule has 22 heavy (non-hydrogen) atoms.